The molecule has 2 aromatic rings. The van der Waals surface area contributed by atoms with Gasteiger partial charge in [-0.15, -0.1) is 0 Å². The third-order valence-corrected chi connectivity index (χ3v) is 2.44. The summed E-state index contributed by atoms with van der Waals surface area (Å²) in [6, 6.07) is 9.37. The van der Waals surface area contributed by atoms with Gasteiger partial charge in [-0.05, 0) is 29.3 Å². The number of rotatable bonds is 3. The first-order valence-electron chi connectivity index (χ1n) is 4.97. The normalized spacial score (nSPS) is 12.1. The maximum absolute atomic E-state index is 6.10. The summed E-state index contributed by atoms with van der Waals surface area (Å²) in [5.74, 6) is 0.823. The Morgan fingerprint density at radius 2 is 1.81 bits per heavy atom. The first-order chi connectivity index (χ1) is 7.81. The smallest absolute Gasteiger partial charge is 0.118 e. The molecule has 2 N–H and O–H groups in total. The van der Waals surface area contributed by atoms with E-state index in [1.165, 1.54) is 0 Å². The SMILES string of the molecule is COc1ccc(C(N)c2ccnnc2)cc1. The van der Waals surface area contributed by atoms with Crippen molar-refractivity contribution < 1.29 is 4.74 Å². The van der Waals surface area contributed by atoms with Crippen molar-refractivity contribution in [2.24, 2.45) is 5.73 Å². The Balaban J connectivity index is 2.24. The summed E-state index contributed by atoms with van der Waals surface area (Å²) in [5.41, 5.74) is 8.07. The van der Waals surface area contributed by atoms with E-state index in [4.69, 9.17) is 10.5 Å². The fraction of sp³-hybridized carbons (Fsp3) is 0.167. The molecule has 0 saturated carbocycles. The number of ether oxygens (including phenoxy) is 1. The third kappa shape index (κ3) is 2.17. The summed E-state index contributed by atoms with van der Waals surface area (Å²) in [6.45, 7) is 0. The minimum absolute atomic E-state index is 0.179. The fourth-order valence-electron chi connectivity index (χ4n) is 1.49. The number of methoxy groups -OCH3 is 1. The van der Waals surface area contributed by atoms with E-state index in [9.17, 15) is 0 Å². The van der Waals surface area contributed by atoms with Crippen LogP contribution in [0.5, 0.6) is 5.75 Å². The second-order valence-corrected chi connectivity index (χ2v) is 3.43. The van der Waals surface area contributed by atoms with Crippen molar-refractivity contribution in [3.05, 3.63) is 53.9 Å². The van der Waals surface area contributed by atoms with E-state index in [0.29, 0.717) is 0 Å². The predicted molar refractivity (Wildman–Crippen MR) is 61.1 cm³/mol. The van der Waals surface area contributed by atoms with Gasteiger partial charge in [-0.1, -0.05) is 12.1 Å². The molecular weight excluding hydrogens is 202 g/mol. The van der Waals surface area contributed by atoms with Gasteiger partial charge < -0.3 is 10.5 Å². The van der Waals surface area contributed by atoms with E-state index in [2.05, 4.69) is 10.2 Å². The lowest BCUT2D eigenvalue weighted by Gasteiger charge is -2.11. The van der Waals surface area contributed by atoms with Crippen LogP contribution < -0.4 is 10.5 Å². The van der Waals surface area contributed by atoms with Gasteiger partial charge in [0.2, 0.25) is 0 Å². The summed E-state index contributed by atoms with van der Waals surface area (Å²) in [6.07, 6.45) is 3.31. The van der Waals surface area contributed by atoms with E-state index in [1.807, 2.05) is 30.3 Å². The number of nitrogens with zero attached hydrogens (tertiary/aromatic N) is 2. The highest BCUT2D eigenvalue weighted by Crippen LogP contribution is 2.20. The Bertz CT molecular complexity index is 442. The lowest BCUT2D eigenvalue weighted by molar-refractivity contribution is 0.414. The highest BCUT2D eigenvalue weighted by atomic mass is 16.5. The molecule has 0 saturated heterocycles. The minimum atomic E-state index is -0.179. The number of benzene rings is 1. The molecule has 0 bridgehead atoms. The molecule has 4 heteroatoms. The van der Waals surface area contributed by atoms with E-state index in [-0.39, 0.29) is 6.04 Å². The van der Waals surface area contributed by atoms with Gasteiger partial charge >= 0.3 is 0 Å². The molecule has 0 aliphatic rings. The molecule has 0 radical (unpaired) electrons. The molecule has 0 aliphatic heterocycles. The van der Waals surface area contributed by atoms with Crippen molar-refractivity contribution in [3.63, 3.8) is 0 Å². The lowest BCUT2D eigenvalue weighted by atomic mass is 10.0. The quantitative estimate of drug-likeness (QED) is 0.843. The van der Waals surface area contributed by atoms with Crippen LogP contribution in [0.4, 0.5) is 0 Å². The molecule has 0 spiro atoms. The topological polar surface area (TPSA) is 61.0 Å². The molecule has 1 aromatic heterocycles. The average Bonchev–Trinajstić information content (AvgIpc) is 2.39. The molecule has 0 fully saturated rings. The predicted octanol–water partition coefficient (Wildman–Crippen LogP) is 1.53. The summed E-state index contributed by atoms with van der Waals surface area (Å²) in [5, 5.41) is 7.53. The second kappa shape index (κ2) is 4.72. The maximum Gasteiger partial charge on any atom is 0.118 e. The van der Waals surface area contributed by atoms with Crippen LogP contribution in [-0.4, -0.2) is 17.3 Å². The standard InChI is InChI=1S/C12H13N3O/c1-16-11-4-2-9(3-5-11)12(13)10-6-7-14-15-8-10/h2-8,12H,13H2,1H3. The van der Waals surface area contributed by atoms with Crippen LogP contribution in [0.1, 0.15) is 17.2 Å². The molecule has 16 heavy (non-hydrogen) atoms. The zero-order chi connectivity index (χ0) is 11.4. The van der Waals surface area contributed by atoms with Crippen molar-refractivity contribution in [1.29, 1.82) is 0 Å². The summed E-state index contributed by atoms with van der Waals surface area (Å²) >= 11 is 0. The molecule has 2 rings (SSSR count). The van der Waals surface area contributed by atoms with Crippen molar-refractivity contribution in [2.45, 2.75) is 6.04 Å². The number of hydrogen-bond acceptors (Lipinski definition) is 4. The Hall–Kier alpha value is -1.94. The number of hydrogen-bond donors (Lipinski definition) is 1. The first kappa shape index (κ1) is 10.6. The highest BCUT2D eigenvalue weighted by Gasteiger charge is 2.08. The number of aromatic nitrogens is 2. The minimum Gasteiger partial charge on any atom is -0.497 e. The average molecular weight is 215 g/mol. The summed E-state index contributed by atoms with van der Waals surface area (Å²) < 4.78 is 5.09. The number of nitrogens with two attached hydrogens (primary N) is 1. The zero-order valence-corrected chi connectivity index (χ0v) is 9.00. The van der Waals surface area contributed by atoms with Crippen molar-refractivity contribution >= 4 is 0 Å². The van der Waals surface area contributed by atoms with E-state index >= 15 is 0 Å². The zero-order valence-electron chi connectivity index (χ0n) is 9.00. The monoisotopic (exact) mass is 215 g/mol. The molecule has 82 valence electrons. The van der Waals surface area contributed by atoms with Crippen LogP contribution in [0.2, 0.25) is 0 Å². The van der Waals surface area contributed by atoms with Crippen LogP contribution in [0.15, 0.2) is 42.7 Å². The Labute approximate surface area is 94.1 Å². The van der Waals surface area contributed by atoms with Gasteiger partial charge in [0, 0.05) is 6.20 Å². The Morgan fingerprint density at radius 3 is 2.38 bits per heavy atom. The summed E-state index contributed by atoms with van der Waals surface area (Å²) in [4.78, 5) is 0. The van der Waals surface area contributed by atoms with E-state index in [1.54, 1.807) is 19.5 Å². The van der Waals surface area contributed by atoms with Crippen LogP contribution in [0.3, 0.4) is 0 Å². The molecule has 1 heterocycles. The van der Waals surface area contributed by atoms with Crippen molar-refractivity contribution in [2.75, 3.05) is 7.11 Å². The van der Waals surface area contributed by atoms with Gasteiger partial charge in [-0.25, -0.2) is 0 Å². The fourth-order valence-corrected chi connectivity index (χ4v) is 1.49. The van der Waals surface area contributed by atoms with Crippen LogP contribution in [0.25, 0.3) is 0 Å². The Kier molecular flexibility index (Phi) is 3.12. The van der Waals surface area contributed by atoms with Gasteiger partial charge in [0.15, 0.2) is 0 Å². The maximum atomic E-state index is 6.10. The molecule has 0 aliphatic carbocycles. The first-order valence-corrected chi connectivity index (χ1v) is 4.97. The molecule has 0 amide bonds. The van der Waals surface area contributed by atoms with Gasteiger partial charge in [0.1, 0.15) is 5.75 Å². The van der Waals surface area contributed by atoms with E-state index in [0.717, 1.165) is 16.9 Å². The Morgan fingerprint density at radius 1 is 1.06 bits per heavy atom. The van der Waals surface area contributed by atoms with Gasteiger partial charge in [-0.3, -0.25) is 0 Å². The van der Waals surface area contributed by atoms with Crippen molar-refractivity contribution in [1.82, 2.24) is 10.2 Å². The molecule has 1 atom stereocenters. The van der Waals surface area contributed by atoms with E-state index < -0.39 is 0 Å². The van der Waals surface area contributed by atoms with Gasteiger partial charge in [0.25, 0.3) is 0 Å². The van der Waals surface area contributed by atoms with Crippen LogP contribution in [-0.2, 0) is 0 Å². The highest BCUT2D eigenvalue weighted by molar-refractivity contribution is 5.33. The molecular formula is C12H13N3O. The molecule has 4 nitrogen and oxygen atoms in total. The van der Waals surface area contributed by atoms with Gasteiger partial charge in [-0.2, -0.15) is 10.2 Å². The largest absolute Gasteiger partial charge is 0.497 e. The second-order valence-electron chi connectivity index (χ2n) is 3.43. The van der Waals surface area contributed by atoms with Crippen molar-refractivity contribution in [3.8, 4) is 5.75 Å². The van der Waals surface area contributed by atoms with Gasteiger partial charge in [0.05, 0.1) is 19.3 Å². The molecule has 1 unspecified atom stereocenters. The van der Waals surface area contributed by atoms with Crippen LogP contribution >= 0.6 is 0 Å². The molecule has 1 aromatic carbocycles. The summed E-state index contributed by atoms with van der Waals surface area (Å²) in [7, 11) is 1.64. The third-order valence-electron chi connectivity index (χ3n) is 2.44. The lowest BCUT2D eigenvalue weighted by Crippen LogP contribution is -2.12. The van der Waals surface area contributed by atoms with Crippen LogP contribution in [0, 0.1) is 0 Å².